The number of aryl methyl sites for hydroxylation is 1. The van der Waals surface area contributed by atoms with Crippen molar-refractivity contribution < 1.29 is 9.72 Å². The molecule has 1 aliphatic rings. The molecular weight excluding hydrogens is 454 g/mol. The third kappa shape index (κ3) is 3.68. The second-order valence-corrected chi connectivity index (χ2v) is 8.55. The number of allylic oxidation sites excluding steroid dienone is 1. The first kappa shape index (κ1) is 21.7. The van der Waals surface area contributed by atoms with Gasteiger partial charge in [-0.05, 0) is 44.2 Å². The number of aromatic nitrogens is 2. The molecule has 1 aliphatic heterocycles. The van der Waals surface area contributed by atoms with Crippen molar-refractivity contribution in [2.75, 3.05) is 10.6 Å². The van der Waals surface area contributed by atoms with E-state index in [2.05, 4.69) is 15.6 Å². The van der Waals surface area contributed by atoms with Crippen LogP contribution >= 0.6 is 11.6 Å². The number of nitro benzene ring substituents is 1. The molecule has 3 aromatic carbocycles. The van der Waals surface area contributed by atoms with Crippen LogP contribution in [0.5, 0.6) is 0 Å². The lowest BCUT2D eigenvalue weighted by Crippen LogP contribution is -2.31. The largest absolute Gasteiger partial charge is 0.329 e. The van der Waals surface area contributed by atoms with Crippen LogP contribution in [-0.4, -0.2) is 20.4 Å². The number of amides is 1. The molecule has 2 heterocycles. The summed E-state index contributed by atoms with van der Waals surface area (Å²) in [7, 11) is 0. The number of nitro groups is 1. The van der Waals surface area contributed by atoms with E-state index in [-0.39, 0.29) is 11.6 Å². The predicted octanol–water partition coefficient (Wildman–Crippen LogP) is 5.83. The zero-order chi connectivity index (χ0) is 24.0. The number of nitrogens with zero attached hydrogens (tertiary/aromatic N) is 3. The molecule has 0 radical (unpaired) electrons. The van der Waals surface area contributed by atoms with E-state index in [1.54, 1.807) is 6.92 Å². The van der Waals surface area contributed by atoms with Crippen molar-refractivity contribution in [3.8, 4) is 0 Å². The summed E-state index contributed by atoms with van der Waals surface area (Å²) >= 11 is 6.58. The third-order valence-electron chi connectivity index (χ3n) is 5.87. The maximum Gasteiger partial charge on any atom is 0.269 e. The normalized spacial score (nSPS) is 15.1. The van der Waals surface area contributed by atoms with Gasteiger partial charge in [0, 0.05) is 34.1 Å². The Morgan fingerprint density at radius 2 is 1.85 bits per heavy atom. The Kier molecular flexibility index (Phi) is 5.30. The van der Waals surface area contributed by atoms with Crippen LogP contribution in [0.25, 0.3) is 11.0 Å². The van der Waals surface area contributed by atoms with Gasteiger partial charge in [-0.3, -0.25) is 19.5 Å². The molecule has 0 unspecified atom stereocenters. The van der Waals surface area contributed by atoms with Gasteiger partial charge in [0.2, 0.25) is 5.95 Å². The smallest absolute Gasteiger partial charge is 0.269 e. The number of anilines is 2. The van der Waals surface area contributed by atoms with Crippen molar-refractivity contribution in [2.24, 2.45) is 0 Å². The number of carbonyl (C=O) groups is 1. The van der Waals surface area contributed by atoms with Crippen LogP contribution in [0.4, 0.5) is 17.3 Å². The van der Waals surface area contributed by atoms with Crippen molar-refractivity contribution in [1.82, 2.24) is 9.55 Å². The number of rotatable bonds is 4. The third-order valence-corrected chi connectivity index (χ3v) is 6.21. The lowest BCUT2D eigenvalue weighted by atomic mass is 9.93. The molecule has 9 heteroatoms. The highest BCUT2D eigenvalue weighted by Gasteiger charge is 2.36. The number of benzene rings is 3. The van der Waals surface area contributed by atoms with Crippen LogP contribution in [0, 0.1) is 17.0 Å². The number of hydrogen-bond acceptors (Lipinski definition) is 5. The number of non-ortho nitro benzene ring substituents is 1. The van der Waals surface area contributed by atoms with Crippen LogP contribution in [0.1, 0.15) is 24.1 Å². The van der Waals surface area contributed by atoms with E-state index < -0.39 is 11.0 Å². The van der Waals surface area contributed by atoms with Gasteiger partial charge in [0.05, 0.1) is 27.6 Å². The molecule has 1 atom stereocenters. The average molecular weight is 474 g/mol. The number of halogens is 1. The highest BCUT2D eigenvalue weighted by Crippen LogP contribution is 2.42. The van der Waals surface area contributed by atoms with Gasteiger partial charge in [-0.15, -0.1) is 0 Å². The molecule has 4 aromatic rings. The molecule has 0 spiro atoms. The van der Waals surface area contributed by atoms with Gasteiger partial charge in [-0.2, -0.15) is 0 Å². The van der Waals surface area contributed by atoms with Gasteiger partial charge < -0.3 is 10.6 Å². The minimum Gasteiger partial charge on any atom is -0.329 e. The topological polar surface area (TPSA) is 102 Å². The first-order valence-corrected chi connectivity index (χ1v) is 11.0. The van der Waals surface area contributed by atoms with Crippen molar-refractivity contribution in [3.63, 3.8) is 0 Å². The van der Waals surface area contributed by atoms with Gasteiger partial charge in [0.25, 0.3) is 11.6 Å². The van der Waals surface area contributed by atoms with Crippen LogP contribution in [0.3, 0.4) is 0 Å². The second kappa shape index (κ2) is 8.31. The molecule has 0 saturated carbocycles. The fourth-order valence-corrected chi connectivity index (χ4v) is 4.46. The molecule has 8 nitrogen and oxygen atoms in total. The van der Waals surface area contributed by atoms with Gasteiger partial charge in [-0.1, -0.05) is 41.4 Å². The maximum absolute atomic E-state index is 13.6. The molecular formula is C25H20ClN5O3. The molecule has 0 fully saturated rings. The van der Waals surface area contributed by atoms with Crippen molar-refractivity contribution >= 4 is 45.9 Å². The number of imidazole rings is 1. The van der Waals surface area contributed by atoms with Crippen molar-refractivity contribution in [1.29, 1.82) is 0 Å². The number of hydrogen-bond donors (Lipinski definition) is 2. The fourth-order valence-electron chi connectivity index (χ4n) is 4.24. The summed E-state index contributed by atoms with van der Waals surface area (Å²) in [4.78, 5) is 29.4. The van der Waals surface area contributed by atoms with Gasteiger partial charge in [-0.25, -0.2) is 4.98 Å². The molecule has 34 heavy (non-hydrogen) atoms. The number of nitrogens with one attached hydrogen (secondary N) is 2. The Labute approximate surface area is 200 Å². The SMILES string of the molecule is CC1=C(C(=O)Nc2ccc(C)cc2)[C@@H](c2cc([N+](=O)[O-])ccc2Cl)n2c(nc3ccccc32)N1. The summed E-state index contributed by atoms with van der Waals surface area (Å²) in [5.74, 6) is 0.183. The van der Waals surface area contributed by atoms with E-state index in [4.69, 9.17) is 11.6 Å². The van der Waals surface area contributed by atoms with E-state index >= 15 is 0 Å². The van der Waals surface area contributed by atoms with E-state index in [0.29, 0.717) is 33.5 Å². The summed E-state index contributed by atoms with van der Waals surface area (Å²) < 4.78 is 1.86. The predicted molar refractivity (Wildman–Crippen MR) is 132 cm³/mol. The van der Waals surface area contributed by atoms with Crippen molar-refractivity contribution in [2.45, 2.75) is 19.9 Å². The Balaban J connectivity index is 1.71. The molecule has 1 aromatic heterocycles. The minimum atomic E-state index is -0.735. The summed E-state index contributed by atoms with van der Waals surface area (Å²) in [6.07, 6.45) is 0. The summed E-state index contributed by atoms with van der Waals surface area (Å²) in [5, 5.41) is 18.0. The molecule has 0 aliphatic carbocycles. The van der Waals surface area contributed by atoms with E-state index in [0.717, 1.165) is 16.6 Å². The zero-order valence-electron chi connectivity index (χ0n) is 18.4. The summed E-state index contributed by atoms with van der Waals surface area (Å²) in [6.45, 7) is 3.75. The van der Waals surface area contributed by atoms with Gasteiger partial charge in [0.1, 0.15) is 0 Å². The first-order valence-electron chi connectivity index (χ1n) is 10.6. The molecule has 2 N–H and O–H groups in total. The highest BCUT2D eigenvalue weighted by atomic mass is 35.5. The van der Waals surface area contributed by atoms with Crippen LogP contribution < -0.4 is 10.6 Å². The zero-order valence-corrected chi connectivity index (χ0v) is 19.1. The summed E-state index contributed by atoms with van der Waals surface area (Å²) in [5.41, 5.74) is 4.51. The highest BCUT2D eigenvalue weighted by molar-refractivity contribution is 6.31. The van der Waals surface area contributed by atoms with E-state index in [1.807, 2.05) is 60.0 Å². The Hall–Kier alpha value is -4.17. The molecule has 1 amide bonds. The van der Waals surface area contributed by atoms with E-state index in [9.17, 15) is 14.9 Å². The number of para-hydroxylation sites is 2. The van der Waals surface area contributed by atoms with Crippen LogP contribution in [0.2, 0.25) is 5.02 Å². The lowest BCUT2D eigenvalue weighted by molar-refractivity contribution is -0.384. The molecule has 0 bridgehead atoms. The Morgan fingerprint density at radius 3 is 2.59 bits per heavy atom. The Bertz CT molecular complexity index is 1490. The van der Waals surface area contributed by atoms with Crippen molar-refractivity contribution in [3.05, 3.63) is 104 Å². The van der Waals surface area contributed by atoms with Crippen LogP contribution in [-0.2, 0) is 4.79 Å². The number of fused-ring (bicyclic) bond motifs is 3. The molecule has 5 rings (SSSR count). The molecule has 170 valence electrons. The first-order chi connectivity index (χ1) is 16.3. The second-order valence-electron chi connectivity index (χ2n) is 8.14. The maximum atomic E-state index is 13.6. The monoisotopic (exact) mass is 473 g/mol. The number of carbonyl (C=O) groups excluding carboxylic acids is 1. The standard InChI is InChI=1S/C25H20ClN5O3/c1-14-7-9-16(10-8-14)28-24(32)22-15(2)27-25-29-20-5-3-4-6-21(20)30(25)23(22)18-13-17(31(33)34)11-12-19(18)26/h3-13,23H,1-2H3,(H,27,29)(H,28,32)/t23-/m1/s1. The quantitative estimate of drug-likeness (QED) is 0.286. The molecule has 0 saturated heterocycles. The van der Waals surface area contributed by atoms with E-state index in [1.165, 1.54) is 18.2 Å². The average Bonchev–Trinajstić information content (AvgIpc) is 3.17. The minimum absolute atomic E-state index is 0.111. The lowest BCUT2D eigenvalue weighted by Gasteiger charge is -2.31. The van der Waals surface area contributed by atoms with Gasteiger partial charge >= 0.3 is 0 Å². The Morgan fingerprint density at radius 1 is 1.12 bits per heavy atom. The van der Waals surface area contributed by atoms with Crippen LogP contribution in [0.15, 0.2) is 78.0 Å². The fraction of sp³-hybridized carbons (Fsp3) is 0.120. The summed E-state index contributed by atoms with van der Waals surface area (Å²) in [6, 6.07) is 18.5. The van der Waals surface area contributed by atoms with Gasteiger partial charge in [0.15, 0.2) is 0 Å².